The number of ether oxygens (including phenoxy) is 1. The molecule has 0 radical (unpaired) electrons. The second-order valence-corrected chi connectivity index (χ2v) is 6.87. The van der Waals surface area contributed by atoms with E-state index in [1.54, 1.807) is 4.90 Å². The number of nitrogens with zero attached hydrogens (tertiary/aromatic N) is 2. The highest BCUT2D eigenvalue weighted by molar-refractivity contribution is 5.81. The summed E-state index contributed by atoms with van der Waals surface area (Å²) < 4.78 is 4.91. The first-order valence-electron chi connectivity index (χ1n) is 8.27. The maximum atomic E-state index is 12.5. The lowest BCUT2D eigenvalue weighted by molar-refractivity contribution is -0.152. The van der Waals surface area contributed by atoms with E-state index in [9.17, 15) is 9.59 Å². The van der Waals surface area contributed by atoms with Gasteiger partial charge in [0, 0.05) is 25.7 Å². The summed E-state index contributed by atoms with van der Waals surface area (Å²) in [5, 5.41) is 3.13. The molecule has 0 aromatic rings. The summed E-state index contributed by atoms with van der Waals surface area (Å²) >= 11 is 0. The Balaban J connectivity index is 1.92. The second-order valence-electron chi connectivity index (χ2n) is 6.87. The van der Waals surface area contributed by atoms with Crippen molar-refractivity contribution in [1.82, 2.24) is 15.1 Å². The lowest BCUT2D eigenvalue weighted by Crippen LogP contribution is -2.51. The molecule has 0 aromatic heterocycles. The van der Waals surface area contributed by atoms with Gasteiger partial charge in [-0.25, -0.2) is 4.79 Å². The molecule has 0 saturated carbocycles. The van der Waals surface area contributed by atoms with E-state index in [-0.39, 0.29) is 24.0 Å². The molecule has 2 aliphatic rings. The van der Waals surface area contributed by atoms with Crippen molar-refractivity contribution in [2.24, 2.45) is 11.3 Å². The Labute approximate surface area is 133 Å². The van der Waals surface area contributed by atoms with Crippen LogP contribution in [-0.2, 0) is 9.53 Å². The number of likely N-dealkylation sites (N-methyl/N-ethyl adjacent to an activating group) is 1. The molecule has 126 valence electrons. The quantitative estimate of drug-likeness (QED) is 0.798. The Bertz CT molecular complexity index is 429. The molecule has 2 saturated heterocycles. The third-order valence-electron chi connectivity index (χ3n) is 5.32. The van der Waals surface area contributed by atoms with Gasteiger partial charge in [0.05, 0.1) is 12.5 Å². The lowest BCUT2D eigenvalue weighted by Gasteiger charge is -2.33. The van der Waals surface area contributed by atoms with Crippen molar-refractivity contribution in [3.63, 3.8) is 0 Å². The first-order chi connectivity index (χ1) is 10.4. The maximum absolute atomic E-state index is 12.5. The fourth-order valence-corrected chi connectivity index (χ4v) is 3.53. The Kier molecular flexibility index (Phi) is 5.32. The molecule has 0 spiro atoms. The van der Waals surface area contributed by atoms with Crippen LogP contribution < -0.4 is 5.32 Å². The number of carbonyl (C=O) groups excluding carboxylic acids is 2. The molecule has 3 atom stereocenters. The molecule has 0 aromatic carbocycles. The van der Waals surface area contributed by atoms with Crippen LogP contribution in [0.4, 0.5) is 4.79 Å². The number of likely N-dealkylation sites (tertiary alicyclic amines) is 2. The van der Waals surface area contributed by atoms with Crippen LogP contribution in [0.25, 0.3) is 0 Å². The smallest absolute Gasteiger partial charge is 0.317 e. The van der Waals surface area contributed by atoms with Gasteiger partial charge in [0.2, 0.25) is 0 Å². The van der Waals surface area contributed by atoms with E-state index >= 15 is 0 Å². The summed E-state index contributed by atoms with van der Waals surface area (Å²) in [6.45, 7) is 10.1. The number of urea groups is 1. The second kappa shape index (κ2) is 6.86. The van der Waals surface area contributed by atoms with Gasteiger partial charge in [-0.1, -0.05) is 13.8 Å². The molecular formula is C16H29N3O3. The zero-order valence-corrected chi connectivity index (χ0v) is 14.2. The van der Waals surface area contributed by atoms with E-state index in [0.29, 0.717) is 13.1 Å². The molecular weight excluding hydrogens is 282 g/mol. The number of rotatable bonds is 3. The zero-order valence-electron chi connectivity index (χ0n) is 14.2. The molecule has 2 aliphatic heterocycles. The number of piperidine rings is 1. The molecule has 1 N–H and O–H groups in total. The molecule has 6 nitrogen and oxygen atoms in total. The van der Waals surface area contributed by atoms with Crippen LogP contribution >= 0.6 is 0 Å². The molecule has 6 heteroatoms. The first kappa shape index (κ1) is 17.1. The minimum Gasteiger partial charge on any atom is -0.469 e. The van der Waals surface area contributed by atoms with E-state index in [2.05, 4.69) is 17.1 Å². The van der Waals surface area contributed by atoms with Gasteiger partial charge in [-0.05, 0) is 38.8 Å². The van der Waals surface area contributed by atoms with Crippen LogP contribution in [0.5, 0.6) is 0 Å². The molecule has 2 fully saturated rings. The monoisotopic (exact) mass is 311 g/mol. The van der Waals surface area contributed by atoms with Gasteiger partial charge in [0.1, 0.15) is 0 Å². The van der Waals surface area contributed by atoms with E-state index in [4.69, 9.17) is 4.74 Å². The minimum atomic E-state index is -0.603. The SMILES string of the molecule is CCN1CCC[C@H](NC(=O)N2C[C@@H](C)[C@](C)(C(=O)OC)C2)C1. The van der Waals surface area contributed by atoms with Gasteiger partial charge in [-0.3, -0.25) is 4.79 Å². The van der Waals surface area contributed by atoms with Gasteiger partial charge in [-0.2, -0.15) is 0 Å². The lowest BCUT2D eigenvalue weighted by atomic mass is 9.81. The molecule has 0 unspecified atom stereocenters. The normalized spacial score (nSPS) is 32.8. The van der Waals surface area contributed by atoms with E-state index in [1.165, 1.54) is 7.11 Å². The summed E-state index contributed by atoms with van der Waals surface area (Å²) in [5.74, 6) is -0.130. The van der Waals surface area contributed by atoms with Crippen molar-refractivity contribution in [1.29, 1.82) is 0 Å². The molecule has 2 heterocycles. The number of esters is 1. The van der Waals surface area contributed by atoms with Crippen molar-refractivity contribution >= 4 is 12.0 Å². The number of carbonyl (C=O) groups is 2. The largest absolute Gasteiger partial charge is 0.469 e. The van der Waals surface area contributed by atoms with Crippen molar-refractivity contribution in [3.8, 4) is 0 Å². The van der Waals surface area contributed by atoms with E-state index in [0.717, 1.165) is 32.5 Å². The molecule has 0 aliphatic carbocycles. The predicted molar refractivity (Wildman–Crippen MR) is 84.5 cm³/mol. The van der Waals surface area contributed by atoms with Gasteiger partial charge in [-0.15, -0.1) is 0 Å². The summed E-state index contributed by atoms with van der Waals surface area (Å²) in [4.78, 5) is 28.6. The summed E-state index contributed by atoms with van der Waals surface area (Å²) in [6.07, 6.45) is 2.15. The third-order valence-corrected chi connectivity index (χ3v) is 5.32. The fraction of sp³-hybridized carbons (Fsp3) is 0.875. The van der Waals surface area contributed by atoms with Crippen LogP contribution in [0, 0.1) is 11.3 Å². The van der Waals surface area contributed by atoms with Crippen LogP contribution in [0.1, 0.15) is 33.6 Å². The average molecular weight is 311 g/mol. The van der Waals surface area contributed by atoms with Crippen LogP contribution in [-0.4, -0.2) is 67.7 Å². The van der Waals surface area contributed by atoms with Gasteiger partial charge < -0.3 is 19.9 Å². The topological polar surface area (TPSA) is 61.9 Å². The number of amides is 2. The van der Waals surface area contributed by atoms with Gasteiger partial charge in [0.15, 0.2) is 0 Å². The zero-order chi connectivity index (χ0) is 16.3. The fourth-order valence-electron chi connectivity index (χ4n) is 3.53. The highest BCUT2D eigenvalue weighted by atomic mass is 16.5. The van der Waals surface area contributed by atoms with Crippen molar-refractivity contribution < 1.29 is 14.3 Å². The van der Waals surface area contributed by atoms with E-state index in [1.807, 2.05) is 13.8 Å². The van der Waals surface area contributed by atoms with Crippen LogP contribution in [0.15, 0.2) is 0 Å². The number of hydrogen-bond donors (Lipinski definition) is 1. The maximum Gasteiger partial charge on any atom is 0.317 e. The van der Waals surface area contributed by atoms with Gasteiger partial charge in [0.25, 0.3) is 0 Å². The highest BCUT2D eigenvalue weighted by Crippen LogP contribution is 2.36. The third kappa shape index (κ3) is 3.37. The number of hydrogen-bond acceptors (Lipinski definition) is 4. The standard InChI is InChI=1S/C16H29N3O3/c1-5-18-8-6-7-13(10-18)17-15(21)19-9-12(2)16(3,11-19)14(20)22-4/h12-13H,5-11H2,1-4H3,(H,17,21)/t12-,13+,16-/m1/s1. The van der Waals surface area contributed by atoms with Crippen molar-refractivity contribution in [2.45, 2.75) is 39.7 Å². The summed E-state index contributed by atoms with van der Waals surface area (Å²) in [6, 6.07) is 0.156. The predicted octanol–water partition coefficient (Wildman–Crippen LogP) is 1.31. The minimum absolute atomic E-state index is 0.0533. The Morgan fingerprint density at radius 3 is 2.73 bits per heavy atom. The molecule has 22 heavy (non-hydrogen) atoms. The summed E-state index contributed by atoms with van der Waals surface area (Å²) in [5.41, 5.74) is -0.603. The highest BCUT2D eigenvalue weighted by Gasteiger charge is 2.48. The molecule has 2 rings (SSSR count). The summed E-state index contributed by atoms with van der Waals surface area (Å²) in [7, 11) is 1.41. The Morgan fingerprint density at radius 1 is 1.36 bits per heavy atom. The number of methoxy groups -OCH3 is 1. The Morgan fingerprint density at radius 2 is 2.09 bits per heavy atom. The van der Waals surface area contributed by atoms with Crippen LogP contribution in [0.2, 0.25) is 0 Å². The number of nitrogens with one attached hydrogen (secondary N) is 1. The van der Waals surface area contributed by atoms with Crippen molar-refractivity contribution in [3.05, 3.63) is 0 Å². The van der Waals surface area contributed by atoms with Gasteiger partial charge >= 0.3 is 12.0 Å². The Hall–Kier alpha value is -1.30. The van der Waals surface area contributed by atoms with E-state index < -0.39 is 5.41 Å². The van der Waals surface area contributed by atoms with Crippen LogP contribution in [0.3, 0.4) is 0 Å². The average Bonchev–Trinajstić information content (AvgIpc) is 2.83. The molecule has 2 amide bonds. The first-order valence-corrected chi connectivity index (χ1v) is 8.27. The molecule has 0 bridgehead atoms. The van der Waals surface area contributed by atoms with Crippen molar-refractivity contribution in [2.75, 3.05) is 39.8 Å².